The molecule has 2 aromatic rings. The lowest BCUT2D eigenvalue weighted by atomic mass is 9.94. The molecule has 1 aliphatic rings. The Morgan fingerprint density at radius 1 is 1.35 bits per heavy atom. The van der Waals surface area contributed by atoms with E-state index in [0.717, 1.165) is 14.9 Å². The van der Waals surface area contributed by atoms with E-state index in [2.05, 4.69) is 15.9 Å². The fourth-order valence-corrected chi connectivity index (χ4v) is 3.99. The Morgan fingerprint density at radius 3 is 2.70 bits per heavy atom. The Kier molecular flexibility index (Phi) is 4.74. The summed E-state index contributed by atoms with van der Waals surface area (Å²) in [7, 11) is 0. The molecule has 0 amide bonds. The summed E-state index contributed by atoms with van der Waals surface area (Å²) in [4.78, 5) is 13.9. The lowest BCUT2D eigenvalue weighted by molar-refractivity contribution is 0.0797. The van der Waals surface area contributed by atoms with E-state index in [1.807, 2.05) is 25.1 Å². The van der Waals surface area contributed by atoms with Crippen molar-refractivity contribution in [3.05, 3.63) is 57.0 Å². The van der Waals surface area contributed by atoms with E-state index < -0.39 is 4.75 Å². The number of ketones is 1. The van der Waals surface area contributed by atoms with Crippen molar-refractivity contribution >= 4 is 45.1 Å². The molecule has 2 aromatic carbocycles. The molecule has 1 aliphatic heterocycles. The first-order valence-corrected chi connectivity index (χ1v) is 8.97. The number of thioether (sulfide) groups is 1. The molecule has 3 rings (SSSR count). The molecule has 0 saturated carbocycles. The first-order valence-electron chi connectivity index (χ1n) is 6.98. The van der Waals surface area contributed by atoms with Crippen molar-refractivity contribution in [2.45, 2.75) is 16.6 Å². The molecule has 0 aromatic heterocycles. The van der Waals surface area contributed by atoms with Gasteiger partial charge in [-0.1, -0.05) is 27.5 Å². The van der Waals surface area contributed by atoms with Crippen LogP contribution in [0.1, 0.15) is 15.9 Å². The van der Waals surface area contributed by atoms with Gasteiger partial charge in [0, 0.05) is 14.4 Å². The summed E-state index contributed by atoms with van der Waals surface area (Å²) in [6.07, 6.45) is 0. The molecule has 1 N–H and O–H groups in total. The van der Waals surface area contributed by atoms with Crippen molar-refractivity contribution in [1.82, 2.24) is 0 Å². The molecular formula is C17H14BrClO3S. The predicted molar refractivity (Wildman–Crippen MR) is 95.8 cm³/mol. The van der Waals surface area contributed by atoms with Gasteiger partial charge < -0.3 is 9.84 Å². The number of benzene rings is 2. The molecule has 6 heteroatoms. The highest BCUT2D eigenvalue weighted by atomic mass is 79.9. The summed E-state index contributed by atoms with van der Waals surface area (Å²) in [6.45, 7) is 1.77. The molecule has 0 fully saturated rings. The number of aliphatic hydroxyl groups is 1. The Balaban J connectivity index is 1.98. The number of aliphatic hydroxyl groups excluding tert-OH is 1. The van der Waals surface area contributed by atoms with Gasteiger partial charge in [-0.15, -0.1) is 11.8 Å². The maximum atomic E-state index is 13.0. The molecule has 1 unspecified atom stereocenters. The second kappa shape index (κ2) is 6.48. The predicted octanol–water partition coefficient (Wildman–Crippen LogP) is 4.51. The van der Waals surface area contributed by atoms with E-state index in [4.69, 9.17) is 16.3 Å². The van der Waals surface area contributed by atoms with Gasteiger partial charge in [0.05, 0.1) is 12.2 Å². The van der Waals surface area contributed by atoms with Gasteiger partial charge in [-0.3, -0.25) is 4.79 Å². The highest BCUT2D eigenvalue weighted by molar-refractivity contribution is 9.10. The van der Waals surface area contributed by atoms with Gasteiger partial charge in [-0.2, -0.15) is 0 Å². The number of ether oxygens (including phenoxy) is 1. The number of aryl methyl sites for hydroxylation is 1. The normalized spacial score (nSPS) is 20.1. The standard InChI is InChI=1S/C17H14BrClO3S/c1-10-6-15-13(7-14(10)18)16(21)17(8-20,9-22-15)23-12-4-2-11(19)3-5-12/h2-7,20H,8-9H2,1H3. The van der Waals surface area contributed by atoms with Gasteiger partial charge in [-0.05, 0) is 48.9 Å². The average molecular weight is 414 g/mol. The minimum absolute atomic E-state index is 0.123. The zero-order valence-electron chi connectivity index (χ0n) is 12.3. The zero-order valence-corrected chi connectivity index (χ0v) is 15.5. The summed E-state index contributed by atoms with van der Waals surface area (Å²) in [5.74, 6) is 0.443. The molecule has 0 aliphatic carbocycles. The second-order valence-electron chi connectivity index (χ2n) is 5.42. The minimum atomic E-state index is -1.05. The van der Waals surface area contributed by atoms with Crippen LogP contribution in [-0.4, -0.2) is 28.9 Å². The maximum absolute atomic E-state index is 13.0. The zero-order chi connectivity index (χ0) is 16.6. The van der Waals surface area contributed by atoms with E-state index in [0.29, 0.717) is 16.3 Å². The van der Waals surface area contributed by atoms with E-state index in [9.17, 15) is 9.90 Å². The largest absolute Gasteiger partial charge is 0.491 e. The van der Waals surface area contributed by atoms with Crippen LogP contribution in [0.5, 0.6) is 5.75 Å². The van der Waals surface area contributed by atoms with Crippen molar-refractivity contribution in [1.29, 1.82) is 0 Å². The van der Waals surface area contributed by atoms with Gasteiger partial charge >= 0.3 is 0 Å². The van der Waals surface area contributed by atoms with Crippen molar-refractivity contribution in [2.24, 2.45) is 0 Å². The van der Waals surface area contributed by atoms with E-state index >= 15 is 0 Å². The van der Waals surface area contributed by atoms with Crippen molar-refractivity contribution < 1.29 is 14.6 Å². The average Bonchev–Trinajstić information content (AvgIpc) is 2.54. The molecule has 23 heavy (non-hydrogen) atoms. The number of hydrogen-bond donors (Lipinski definition) is 1. The van der Waals surface area contributed by atoms with Gasteiger partial charge in [0.25, 0.3) is 0 Å². The maximum Gasteiger partial charge on any atom is 0.188 e. The monoisotopic (exact) mass is 412 g/mol. The lowest BCUT2D eigenvalue weighted by Crippen LogP contribution is -2.47. The highest BCUT2D eigenvalue weighted by Crippen LogP contribution is 2.42. The molecule has 120 valence electrons. The number of hydrogen-bond acceptors (Lipinski definition) is 4. The van der Waals surface area contributed by atoms with Crippen LogP contribution < -0.4 is 4.74 Å². The van der Waals surface area contributed by atoms with Crippen LogP contribution in [0.3, 0.4) is 0 Å². The molecule has 0 spiro atoms. The third kappa shape index (κ3) is 3.15. The van der Waals surface area contributed by atoms with E-state index in [1.165, 1.54) is 11.8 Å². The summed E-state index contributed by atoms with van der Waals surface area (Å²) < 4.78 is 5.58. The van der Waals surface area contributed by atoms with Crippen LogP contribution in [0.15, 0.2) is 45.8 Å². The summed E-state index contributed by atoms with van der Waals surface area (Å²) in [5, 5.41) is 10.5. The smallest absolute Gasteiger partial charge is 0.188 e. The Labute approximate surface area is 152 Å². The Hall–Kier alpha value is -1.01. The quantitative estimate of drug-likeness (QED) is 0.804. The minimum Gasteiger partial charge on any atom is -0.491 e. The fourth-order valence-electron chi connectivity index (χ4n) is 2.41. The highest BCUT2D eigenvalue weighted by Gasteiger charge is 2.45. The first kappa shape index (κ1) is 16.8. The number of fused-ring (bicyclic) bond motifs is 1. The molecule has 1 heterocycles. The van der Waals surface area contributed by atoms with Crippen molar-refractivity contribution in [3.63, 3.8) is 0 Å². The van der Waals surface area contributed by atoms with Crippen molar-refractivity contribution in [3.8, 4) is 5.75 Å². The fraction of sp³-hybridized carbons (Fsp3) is 0.235. The number of Topliss-reactive ketones (excluding diaryl/α,β-unsaturated/α-hetero) is 1. The second-order valence-corrected chi connectivity index (χ2v) is 8.17. The third-order valence-corrected chi connectivity index (χ3v) is 6.20. The first-order chi connectivity index (χ1) is 10.9. The van der Waals surface area contributed by atoms with Crippen LogP contribution in [-0.2, 0) is 0 Å². The summed E-state index contributed by atoms with van der Waals surface area (Å²) >= 11 is 10.6. The van der Waals surface area contributed by atoms with Gasteiger partial charge in [0.2, 0.25) is 0 Å². The third-order valence-electron chi connectivity index (χ3n) is 3.76. The van der Waals surface area contributed by atoms with Gasteiger partial charge in [0.1, 0.15) is 17.1 Å². The topological polar surface area (TPSA) is 46.5 Å². The Bertz CT molecular complexity index is 763. The number of carbonyl (C=O) groups excluding carboxylic acids is 1. The van der Waals surface area contributed by atoms with Gasteiger partial charge in [0.15, 0.2) is 5.78 Å². The Morgan fingerprint density at radius 2 is 2.04 bits per heavy atom. The van der Waals surface area contributed by atoms with Crippen molar-refractivity contribution in [2.75, 3.05) is 13.2 Å². The van der Waals surface area contributed by atoms with Crippen LogP contribution in [0.2, 0.25) is 5.02 Å². The lowest BCUT2D eigenvalue weighted by Gasteiger charge is -2.34. The number of halogens is 2. The summed E-state index contributed by atoms with van der Waals surface area (Å²) in [5.41, 5.74) is 1.49. The molecule has 1 atom stereocenters. The molecule has 0 saturated heterocycles. The van der Waals surface area contributed by atoms with E-state index in [-0.39, 0.29) is 19.0 Å². The number of rotatable bonds is 3. The van der Waals surface area contributed by atoms with E-state index in [1.54, 1.807) is 18.2 Å². The van der Waals surface area contributed by atoms with Crippen LogP contribution >= 0.6 is 39.3 Å². The molecule has 0 radical (unpaired) electrons. The molecular weight excluding hydrogens is 400 g/mol. The number of carbonyl (C=O) groups is 1. The van der Waals surface area contributed by atoms with Crippen LogP contribution in [0, 0.1) is 6.92 Å². The summed E-state index contributed by atoms with van der Waals surface area (Å²) in [6, 6.07) is 10.8. The van der Waals surface area contributed by atoms with Crippen LogP contribution in [0.4, 0.5) is 0 Å². The van der Waals surface area contributed by atoms with Crippen LogP contribution in [0.25, 0.3) is 0 Å². The van der Waals surface area contributed by atoms with Gasteiger partial charge in [-0.25, -0.2) is 0 Å². The molecule has 3 nitrogen and oxygen atoms in total. The molecule has 0 bridgehead atoms. The SMILES string of the molecule is Cc1cc2c(cc1Br)C(=O)C(CO)(Sc1ccc(Cl)cc1)CO2.